The molecule has 3 aromatic heterocycles. The van der Waals surface area contributed by atoms with Gasteiger partial charge in [-0.2, -0.15) is 5.10 Å². The van der Waals surface area contributed by atoms with Crippen LogP contribution in [0.15, 0.2) is 30.7 Å². The van der Waals surface area contributed by atoms with Crippen molar-refractivity contribution in [3.05, 3.63) is 47.5 Å². The minimum atomic E-state index is -0.413. The van der Waals surface area contributed by atoms with Gasteiger partial charge in [0.25, 0.3) is 0 Å². The number of carbonyl (C=O) groups excluding carboxylic acids is 2. The van der Waals surface area contributed by atoms with Crippen LogP contribution in [-0.4, -0.2) is 32.5 Å². The maximum Gasteiger partial charge on any atom is 0.338 e. The molecule has 24 heavy (non-hydrogen) atoms. The van der Waals surface area contributed by atoms with Crippen molar-refractivity contribution in [3.8, 4) is 11.1 Å². The summed E-state index contributed by atoms with van der Waals surface area (Å²) < 4.78 is 8.66. The zero-order valence-corrected chi connectivity index (χ0v) is 14.2. The molecule has 0 aromatic carbocycles. The molecule has 0 aliphatic heterocycles. The van der Waals surface area contributed by atoms with Gasteiger partial charge in [-0.25, -0.2) is 4.79 Å². The number of pyridine rings is 1. The Morgan fingerprint density at radius 1 is 1.21 bits per heavy atom. The van der Waals surface area contributed by atoms with Crippen molar-refractivity contribution in [2.24, 2.45) is 7.05 Å². The molecule has 6 nitrogen and oxygen atoms in total. The van der Waals surface area contributed by atoms with E-state index >= 15 is 0 Å². The number of ketones is 1. The summed E-state index contributed by atoms with van der Waals surface area (Å²) in [5.41, 5.74) is 4.20. The SMILES string of the molecule is CCOC(=O)c1cc2cc(-c3cnn(C)c3)cn2c(C(C)=O)c1C. The van der Waals surface area contributed by atoms with Crippen LogP contribution in [0.3, 0.4) is 0 Å². The van der Waals surface area contributed by atoms with Crippen molar-refractivity contribution in [2.45, 2.75) is 20.8 Å². The molecule has 0 aliphatic carbocycles. The van der Waals surface area contributed by atoms with Crippen molar-refractivity contribution in [3.63, 3.8) is 0 Å². The highest BCUT2D eigenvalue weighted by Crippen LogP contribution is 2.27. The highest BCUT2D eigenvalue weighted by molar-refractivity contribution is 6.01. The lowest BCUT2D eigenvalue weighted by Gasteiger charge is -2.12. The zero-order chi connectivity index (χ0) is 17.4. The van der Waals surface area contributed by atoms with Gasteiger partial charge in [0.1, 0.15) is 0 Å². The zero-order valence-electron chi connectivity index (χ0n) is 14.2. The lowest BCUT2D eigenvalue weighted by molar-refractivity contribution is 0.0525. The minimum absolute atomic E-state index is 0.100. The van der Waals surface area contributed by atoms with Crippen molar-refractivity contribution >= 4 is 17.3 Å². The van der Waals surface area contributed by atoms with Gasteiger partial charge in [0.2, 0.25) is 0 Å². The Bertz CT molecular complexity index is 950. The molecule has 0 unspecified atom stereocenters. The van der Waals surface area contributed by atoms with E-state index in [0.717, 1.165) is 16.6 Å². The van der Waals surface area contributed by atoms with E-state index in [1.165, 1.54) is 6.92 Å². The topological polar surface area (TPSA) is 65.6 Å². The van der Waals surface area contributed by atoms with Crippen molar-refractivity contribution in [1.29, 1.82) is 0 Å². The van der Waals surface area contributed by atoms with Gasteiger partial charge in [0, 0.05) is 43.0 Å². The number of ether oxygens (including phenoxy) is 1. The first kappa shape index (κ1) is 16.0. The third-order valence-electron chi connectivity index (χ3n) is 4.01. The molecule has 0 atom stereocenters. The Hall–Kier alpha value is -2.89. The summed E-state index contributed by atoms with van der Waals surface area (Å²) in [7, 11) is 1.85. The third kappa shape index (κ3) is 2.60. The van der Waals surface area contributed by atoms with E-state index in [1.807, 2.05) is 29.9 Å². The van der Waals surface area contributed by atoms with Crippen LogP contribution in [0, 0.1) is 6.92 Å². The highest BCUT2D eigenvalue weighted by atomic mass is 16.5. The number of esters is 1. The Balaban J connectivity index is 2.25. The predicted octanol–water partition coefficient (Wildman–Crippen LogP) is 3.03. The molecule has 6 heteroatoms. The Labute approximate surface area is 139 Å². The quantitative estimate of drug-likeness (QED) is 0.546. The van der Waals surface area contributed by atoms with Crippen molar-refractivity contribution in [1.82, 2.24) is 14.2 Å². The summed E-state index contributed by atoms with van der Waals surface area (Å²) >= 11 is 0. The van der Waals surface area contributed by atoms with E-state index in [1.54, 1.807) is 30.8 Å². The van der Waals surface area contributed by atoms with Crippen LogP contribution in [0.5, 0.6) is 0 Å². The predicted molar refractivity (Wildman–Crippen MR) is 90.3 cm³/mol. The number of hydrogen-bond acceptors (Lipinski definition) is 4. The number of aromatic nitrogens is 3. The van der Waals surface area contributed by atoms with Gasteiger partial charge in [-0.15, -0.1) is 0 Å². The molecular formula is C18H19N3O3. The number of hydrogen-bond donors (Lipinski definition) is 0. The monoisotopic (exact) mass is 325 g/mol. The van der Waals surface area contributed by atoms with E-state index in [2.05, 4.69) is 5.10 Å². The van der Waals surface area contributed by atoms with Crippen molar-refractivity contribution in [2.75, 3.05) is 6.61 Å². The van der Waals surface area contributed by atoms with E-state index in [0.29, 0.717) is 23.4 Å². The second kappa shape index (κ2) is 5.96. The molecule has 0 amide bonds. The van der Waals surface area contributed by atoms with Gasteiger partial charge < -0.3 is 9.14 Å². The number of nitrogens with zero attached hydrogens (tertiary/aromatic N) is 3. The Morgan fingerprint density at radius 3 is 2.54 bits per heavy atom. The van der Waals surface area contributed by atoms with E-state index in [-0.39, 0.29) is 5.78 Å². The first-order chi connectivity index (χ1) is 11.4. The number of Topliss-reactive ketones (excluding diaryl/α,β-unsaturated/α-hetero) is 1. The maximum absolute atomic E-state index is 12.2. The molecule has 0 spiro atoms. The molecule has 0 bridgehead atoms. The van der Waals surface area contributed by atoms with Gasteiger partial charge in [-0.3, -0.25) is 9.48 Å². The van der Waals surface area contributed by atoms with Crippen LogP contribution in [0.4, 0.5) is 0 Å². The second-order valence-electron chi connectivity index (χ2n) is 5.73. The average molecular weight is 325 g/mol. The molecule has 0 aliphatic rings. The molecule has 0 fully saturated rings. The molecule has 3 aromatic rings. The molecule has 124 valence electrons. The maximum atomic E-state index is 12.2. The first-order valence-corrected chi connectivity index (χ1v) is 7.75. The minimum Gasteiger partial charge on any atom is -0.462 e. The van der Waals surface area contributed by atoms with Crippen LogP contribution < -0.4 is 0 Å². The number of rotatable bonds is 4. The lowest BCUT2D eigenvalue weighted by atomic mass is 10.0. The molecular weight excluding hydrogens is 306 g/mol. The summed E-state index contributed by atoms with van der Waals surface area (Å²) in [5, 5.41) is 4.17. The fourth-order valence-electron chi connectivity index (χ4n) is 2.93. The van der Waals surface area contributed by atoms with E-state index < -0.39 is 5.97 Å². The van der Waals surface area contributed by atoms with Gasteiger partial charge in [0.05, 0.1) is 24.1 Å². The summed E-state index contributed by atoms with van der Waals surface area (Å²) in [6, 6.07) is 3.70. The summed E-state index contributed by atoms with van der Waals surface area (Å²) in [6.45, 7) is 5.32. The molecule has 3 rings (SSSR count). The Kier molecular flexibility index (Phi) is 3.97. The van der Waals surface area contributed by atoms with Crippen LogP contribution in [0.2, 0.25) is 0 Å². The number of carbonyl (C=O) groups is 2. The van der Waals surface area contributed by atoms with Crippen LogP contribution in [-0.2, 0) is 11.8 Å². The van der Waals surface area contributed by atoms with Crippen LogP contribution in [0.25, 0.3) is 16.6 Å². The molecule has 3 heterocycles. The highest BCUT2D eigenvalue weighted by Gasteiger charge is 2.20. The van der Waals surface area contributed by atoms with Gasteiger partial charge >= 0.3 is 5.97 Å². The molecule has 0 N–H and O–H groups in total. The number of fused-ring (bicyclic) bond motifs is 1. The first-order valence-electron chi connectivity index (χ1n) is 7.75. The smallest absolute Gasteiger partial charge is 0.338 e. The number of aryl methyl sites for hydroxylation is 1. The fourth-order valence-corrected chi connectivity index (χ4v) is 2.93. The average Bonchev–Trinajstić information content (AvgIpc) is 3.12. The standard InChI is InChI=1S/C18H19N3O3/c1-5-24-18(23)16-7-15-6-13(14-8-19-20(4)9-14)10-21(15)17(11(16)2)12(3)22/h6-10H,5H2,1-4H3. The van der Waals surface area contributed by atoms with E-state index in [9.17, 15) is 9.59 Å². The fraction of sp³-hybridized carbons (Fsp3) is 0.278. The second-order valence-corrected chi connectivity index (χ2v) is 5.73. The largest absolute Gasteiger partial charge is 0.462 e. The van der Waals surface area contributed by atoms with Gasteiger partial charge in [-0.05, 0) is 31.5 Å². The van der Waals surface area contributed by atoms with Gasteiger partial charge in [-0.1, -0.05) is 0 Å². The normalized spacial score (nSPS) is 11.0. The molecule has 0 saturated carbocycles. The third-order valence-corrected chi connectivity index (χ3v) is 4.01. The van der Waals surface area contributed by atoms with Crippen molar-refractivity contribution < 1.29 is 14.3 Å². The van der Waals surface area contributed by atoms with Crippen LogP contribution in [0.1, 0.15) is 40.3 Å². The van der Waals surface area contributed by atoms with E-state index in [4.69, 9.17) is 4.74 Å². The molecule has 0 radical (unpaired) electrons. The lowest BCUT2D eigenvalue weighted by Crippen LogP contribution is -2.13. The summed E-state index contributed by atoms with van der Waals surface area (Å²) in [5.74, 6) is -0.513. The Morgan fingerprint density at radius 2 is 1.96 bits per heavy atom. The molecule has 0 saturated heterocycles. The summed E-state index contributed by atoms with van der Waals surface area (Å²) in [6.07, 6.45) is 5.56. The van der Waals surface area contributed by atoms with Crippen LogP contribution >= 0.6 is 0 Å². The van der Waals surface area contributed by atoms with Gasteiger partial charge in [0.15, 0.2) is 5.78 Å². The summed E-state index contributed by atoms with van der Waals surface area (Å²) in [4.78, 5) is 24.4.